The van der Waals surface area contributed by atoms with Gasteiger partial charge < -0.3 is 16.4 Å². The van der Waals surface area contributed by atoms with Crippen molar-refractivity contribution in [2.24, 2.45) is 10.7 Å². The van der Waals surface area contributed by atoms with Crippen LogP contribution in [0.1, 0.15) is 22.3 Å². The molecule has 0 atom stereocenters. The molecule has 0 aliphatic rings. The van der Waals surface area contributed by atoms with Crippen LogP contribution >= 0.6 is 15.9 Å². The van der Waals surface area contributed by atoms with Gasteiger partial charge in [0.15, 0.2) is 5.96 Å². The molecule has 4 N–H and O–H groups in total. The summed E-state index contributed by atoms with van der Waals surface area (Å²) in [6, 6.07) is 15.2. The molecule has 6 heteroatoms. The number of hydrogen-bond acceptors (Lipinski definition) is 2. The number of benzene rings is 2. The molecule has 2 rings (SSSR count). The lowest BCUT2D eigenvalue weighted by Crippen LogP contribution is -2.26. The second kappa shape index (κ2) is 9.08. The second-order valence-electron chi connectivity index (χ2n) is 5.38. The van der Waals surface area contributed by atoms with Crippen LogP contribution in [-0.2, 0) is 0 Å². The number of carbonyl (C=O) groups is 1. The largest absolute Gasteiger partial charge is 0.370 e. The molecule has 0 aliphatic carbocycles. The van der Waals surface area contributed by atoms with E-state index in [1.165, 1.54) is 0 Å². The maximum atomic E-state index is 11.9. The molecule has 24 heavy (non-hydrogen) atoms. The molecule has 5 nitrogen and oxygen atoms in total. The fraction of sp³-hybridized carbons (Fsp3) is 0.222. The zero-order chi connectivity index (χ0) is 17.4. The molecular formula is C18H21BrN4O. The number of nitrogens with zero attached hydrogens (tertiary/aromatic N) is 1. The highest BCUT2D eigenvalue weighted by molar-refractivity contribution is 9.10. The smallest absolute Gasteiger partial charge is 0.251 e. The minimum atomic E-state index is -0.0858. The van der Waals surface area contributed by atoms with Crippen molar-refractivity contribution in [3.8, 4) is 0 Å². The molecule has 0 radical (unpaired) electrons. The van der Waals surface area contributed by atoms with Crippen LogP contribution in [0, 0.1) is 6.92 Å². The summed E-state index contributed by atoms with van der Waals surface area (Å²) in [5.41, 5.74) is 8.56. The lowest BCUT2D eigenvalue weighted by atomic mass is 10.2. The first-order chi connectivity index (χ1) is 11.5. The van der Waals surface area contributed by atoms with Crippen LogP contribution in [0.4, 0.5) is 5.69 Å². The van der Waals surface area contributed by atoms with Gasteiger partial charge in [0.25, 0.3) is 5.91 Å². The average Bonchev–Trinajstić information content (AvgIpc) is 2.55. The molecule has 126 valence electrons. The third-order valence-electron chi connectivity index (χ3n) is 3.30. The molecule has 1 amide bonds. The summed E-state index contributed by atoms with van der Waals surface area (Å²) >= 11 is 3.34. The predicted octanol–water partition coefficient (Wildman–Crippen LogP) is 3.30. The molecular weight excluding hydrogens is 368 g/mol. The lowest BCUT2D eigenvalue weighted by molar-refractivity contribution is 0.0953. The van der Waals surface area contributed by atoms with Crippen LogP contribution in [-0.4, -0.2) is 25.0 Å². The highest BCUT2D eigenvalue weighted by Crippen LogP contribution is 2.10. The van der Waals surface area contributed by atoms with Crippen molar-refractivity contribution in [1.82, 2.24) is 5.32 Å². The molecule has 0 heterocycles. The van der Waals surface area contributed by atoms with E-state index >= 15 is 0 Å². The van der Waals surface area contributed by atoms with E-state index < -0.39 is 0 Å². The van der Waals surface area contributed by atoms with Gasteiger partial charge in [-0.1, -0.05) is 28.1 Å². The lowest BCUT2D eigenvalue weighted by Gasteiger charge is -2.07. The normalized spacial score (nSPS) is 11.2. The first-order valence-electron chi connectivity index (χ1n) is 7.72. The van der Waals surface area contributed by atoms with E-state index in [1.54, 1.807) is 12.1 Å². The summed E-state index contributed by atoms with van der Waals surface area (Å²) < 4.78 is 0.949. The average molecular weight is 389 g/mol. The van der Waals surface area contributed by atoms with E-state index in [-0.39, 0.29) is 5.91 Å². The van der Waals surface area contributed by atoms with E-state index in [0.717, 1.165) is 22.1 Å². The van der Waals surface area contributed by atoms with Crippen LogP contribution in [0.5, 0.6) is 0 Å². The number of hydrogen-bond donors (Lipinski definition) is 3. The van der Waals surface area contributed by atoms with Crippen molar-refractivity contribution in [2.75, 3.05) is 18.4 Å². The maximum Gasteiger partial charge on any atom is 0.251 e. The molecule has 0 bridgehead atoms. The zero-order valence-electron chi connectivity index (χ0n) is 13.6. The molecule has 2 aromatic rings. The Hall–Kier alpha value is -2.34. The third kappa shape index (κ3) is 6.04. The van der Waals surface area contributed by atoms with Crippen LogP contribution < -0.4 is 16.4 Å². The van der Waals surface area contributed by atoms with Crippen LogP contribution in [0.2, 0.25) is 0 Å². The Bertz CT molecular complexity index is 713. The molecule has 0 fully saturated rings. The summed E-state index contributed by atoms with van der Waals surface area (Å²) in [6.45, 7) is 3.12. The molecule has 0 aromatic heterocycles. The van der Waals surface area contributed by atoms with Crippen molar-refractivity contribution in [1.29, 1.82) is 0 Å². The number of aryl methyl sites for hydroxylation is 1. The number of nitrogens with one attached hydrogen (secondary N) is 2. The maximum absolute atomic E-state index is 11.9. The molecule has 0 spiro atoms. The number of rotatable bonds is 6. The van der Waals surface area contributed by atoms with Gasteiger partial charge in [0.2, 0.25) is 0 Å². The topological polar surface area (TPSA) is 79.5 Å². The van der Waals surface area contributed by atoms with Gasteiger partial charge in [-0.05, 0) is 55.3 Å². The quantitative estimate of drug-likeness (QED) is 0.403. The van der Waals surface area contributed by atoms with Gasteiger partial charge in [-0.2, -0.15) is 0 Å². The Morgan fingerprint density at radius 1 is 1.21 bits per heavy atom. The van der Waals surface area contributed by atoms with Gasteiger partial charge in [-0.3, -0.25) is 9.79 Å². The van der Waals surface area contributed by atoms with Crippen LogP contribution in [0.3, 0.4) is 0 Å². The van der Waals surface area contributed by atoms with Crippen LogP contribution in [0.15, 0.2) is 58.0 Å². The first kappa shape index (κ1) is 18.0. The highest BCUT2D eigenvalue weighted by Gasteiger charge is 2.03. The Kier molecular flexibility index (Phi) is 6.81. The van der Waals surface area contributed by atoms with Gasteiger partial charge in [-0.25, -0.2) is 0 Å². The molecule has 2 aromatic carbocycles. The fourth-order valence-corrected chi connectivity index (χ4v) is 2.36. The molecule has 0 aliphatic heterocycles. The Morgan fingerprint density at radius 3 is 2.67 bits per heavy atom. The molecule has 0 saturated heterocycles. The number of guanidine groups is 1. The van der Waals surface area contributed by atoms with Gasteiger partial charge in [0.1, 0.15) is 0 Å². The summed E-state index contributed by atoms with van der Waals surface area (Å²) in [5, 5.41) is 5.91. The summed E-state index contributed by atoms with van der Waals surface area (Å²) in [6.07, 6.45) is 0.721. The minimum absolute atomic E-state index is 0.0858. The van der Waals surface area contributed by atoms with Crippen molar-refractivity contribution in [3.05, 3.63) is 64.1 Å². The molecule has 0 unspecified atom stereocenters. The van der Waals surface area contributed by atoms with Gasteiger partial charge >= 0.3 is 0 Å². The highest BCUT2D eigenvalue weighted by atomic mass is 79.9. The first-order valence-corrected chi connectivity index (χ1v) is 8.51. The number of aliphatic imine (C=N–C) groups is 1. The van der Waals surface area contributed by atoms with Crippen molar-refractivity contribution >= 4 is 33.5 Å². The summed E-state index contributed by atoms with van der Waals surface area (Å²) in [7, 11) is 0. The number of anilines is 1. The fourth-order valence-electron chi connectivity index (χ4n) is 2.09. The van der Waals surface area contributed by atoms with Crippen molar-refractivity contribution < 1.29 is 4.79 Å². The summed E-state index contributed by atoms with van der Waals surface area (Å²) in [5.74, 6) is 0.289. The Morgan fingerprint density at radius 2 is 1.96 bits per heavy atom. The van der Waals surface area contributed by atoms with E-state index in [2.05, 4.69) is 31.6 Å². The van der Waals surface area contributed by atoms with Gasteiger partial charge in [-0.15, -0.1) is 0 Å². The van der Waals surface area contributed by atoms with E-state index in [9.17, 15) is 4.79 Å². The van der Waals surface area contributed by atoms with E-state index in [0.29, 0.717) is 24.6 Å². The van der Waals surface area contributed by atoms with Gasteiger partial charge in [0, 0.05) is 28.8 Å². The van der Waals surface area contributed by atoms with Crippen LogP contribution in [0.25, 0.3) is 0 Å². The second-order valence-corrected chi connectivity index (χ2v) is 6.29. The number of halogens is 1. The Labute approximate surface area is 150 Å². The monoisotopic (exact) mass is 388 g/mol. The van der Waals surface area contributed by atoms with E-state index in [4.69, 9.17) is 5.73 Å². The number of amides is 1. The zero-order valence-corrected chi connectivity index (χ0v) is 15.1. The summed E-state index contributed by atoms with van der Waals surface area (Å²) in [4.78, 5) is 16.2. The standard InChI is InChI=1S/C18H21BrN4O/c1-13-4-2-5-16(12-13)23-18(20)22-11-3-10-21-17(24)14-6-8-15(19)9-7-14/h2,4-9,12H,3,10-11H2,1H3,(H,21,24)(H3,20,22,23). The number of carbonyl (C=O) groups excluding carboxylic acids is 1. The molecule has 0 saturated carbocycles. The SMILES string of the molecule is Cc1cccc(NC(N)=NCCCNC(=O)c2ccc(Br)cc2)c1. The van der Waals surface area contributed by atoms with Crippen molar-refractivity contribution in [2.45, 2.75) is 13.3 Å². The van der Waals surface area contributed by atoms with Gasteiger partial charge in [0.05, 0.1) is 0 Å². The van der Waals surface area contributed by atoms with E-state index in [1.807, 2.05) is 43.3 Å². The minimum Gasteiger partial charge on any atom is -0.370 e. The number of nitrogens with two attached hydrogens (primary N) is 1. The third-order valence-corrected chi connectivity index (χ3v) is 3.83. The predicted molar refractivity (Wildman–Crippen MR) is 102 cm³/mol. The Balaban J connectivity index is 1.70. The van der Waals surface area contributed by atoms with Crippen molar-refractivity contribution in [3.63, 3.8) is 0 Å².